The van der Waals surface area contributed by atoms with E-state index in [1.807, 2.05) is 12.1 Å². The normalized spacial score (nSPS) is 12.1. The van der Waals surface area contributed by atoms with Crippen LogP contribution in [0.15, 0.2) is 162 Å². The van der Waals surface area contributed by atoms with Crippen molar-refractivity contribution in [2.75, 3.05) is 0 Å². The molecule has 0 N–H and O–H groups in total. The van der Waals surface area contributed by atoms with E-state index < -0.39 is 0 Å². The van der Waals surface area contributed by atoms with Crippen molar-refractivity contribution in [2.45, 2.75) is 0 Å². The Morgan fingerprint density at radius 1 is 0.429 bits per heavy atom. The minimum absolute atomic E-state index is 0.566. The fourth-order valence-corrected chi connectivity index (χ4v) is 7.85. The molecule has 11 aromatic rings. The molecule has 0 atom stereocenters. The second-order valence-electron chi connectivity index (χ2n) is 12.6. The average molecular weight is 627 g/mol. The first-order valence-corrected chi connectivity index (χ1v) is 16.5. The molecule has 4 heterocycles. The van der Waals surface area contributed by atoms with Crippen LogP contribution in [0.25, 0.3) is 99.3 Å². The third kappa shape index (κ3) is 3.70. The van der Waals surface area contributed by atoms with E-state index in [1.54, 1.807) is 0 Å². The zero-order valence-corrected chi connectivity index (χ0v) is 26.2. The number of rotatable bonds is 3. The molecule has 0 fully saturated rings. The molecular weight excluding hydrogens is 601 g/mol. The lowest BCUT2D eigenvalue weighted by Gasteiger charge is -2.11. The third-order valence-corrected chi connectivity index (χ3v) is 9.93. The van der Waals surface area contributed by atoms with Gasteiger partial charge in [0, 0.05) is 38.2 Å². The highest BCUT2D eigenvalue weighted by atomic mass is 16.3. The molecule has 5 nitrogen and oxygen atoms in total. The maximum atomic E-state index is 6.55. The summed E-state index contributed by atoms with van der Waals surface area (Å²) in [5.41, 5.74) is 8.73. The third-order valence-electron chi connectivity index (χ3n) is 9.93. The van der Waals surface area contributed by atoms with Crippen molar-refractivity contribution in [3.8, 4) is 22.9 Å². The maximum absolute atomic E-state index is 6.55. The van der Waals surface area contributed by atoms with E-state index in [4.69, 9.17) is 14.4 Å². The summed E-state index contributed by atoms with van der Waals surface area (Å²) in [6.07, 6.45) is 0. The molecule has 0 aliphatic carbocycles. The van der Waals surface area contributed by atoms with Crippen LogP contribution in [0, 0.1) is 0 Å². The van der Waals surface area contributed by atoms with Crippen LogP contribution in [0.5, 0.6) is 0 Å². The number of hydrogen-bond acceptors (Lipinski definition) is 3. The Morgan fingerprint density at radius 2 is 1.08 bits per heavy atom. The Morgan fingerprint density at radius 3 is 1.92 bits per heavy atom. The number of furan rings is 1. The highest BCUT2D eigenvalue weighted by molar-refractivity contribution is 6.20. The Kier molecular flexibility index (Phi) is 5.32. The van der Waals surface area contributed by atoms with Crippen molar-refractivity contribution >= 4 is 76.5 Å². The first kappa shape index (κ1) is 26.4. The number of hydrogen-bond donors (Lipinski definition) is 0. The summed E-state index contributed by atoms with van der Waals surface area (Å²) in [6.45, 7) is 0. The molecule has 0 bridgehead atoms. The Labute approximate surface area is 279 Å². The number of benzene rings is 7. The Bertz CT molecular complexity index is 3110. The van der Waals surface area contributed by atoms with Gasteiger partial charge in [-0.15, -0.1) is 0 Å². The van der Waals surface area contributed by atoms with E-state index in [2.05, 4.69) is 155 Å². The van der Waals surface area contributed by atoms with Crippen LogP contribution >= 0.6 is 0 Å². The SMILES string of the molecule is c1ccc(-n2c3ccccc3c3c(-c4nc(-n5c6ccccc6c6cc7ccccc7cc65)nc5oc6ccccc6c45)cccc32)cc1. The van der Waals surface area contributed by atoms with Crippen LogP contribution in [0.3, 0.4) is 0 Å². The van der Waals surface area contributed by atoms with Gasteiger partial charge in [0.25, 0.3) is 0 Å². The smallest absolute Gasteiger partial charge is 0.238 e. The summed E-state index contributed by atoms with van der Waals surface area (Å²) < 4.78 is 11.1. The monoisotopic (exact) mass is 626 g/mol. The minimum atomic E-state index is 0.566. The summed E-state index contributed by atoms with van der Waals surface area (Å²) >= 11 is 0. The largest absolute Gasteiger partial charge is 0.437 e. The summed E-state index contributed by atoms with van der Waals surface area (Å²) in [5, 5.41) is 8.91. The molecule has 0 amide bonds. The molecule has 0 radical (unpaired) electrons. The van der Waals surface area contributed by atoms with Crippen LogP contribution in [0.2, 0.25) is 0 Å². The molecule has 7 aromatic carbocycles. The minimum Gasteiger partial charge on any atom is -0.437 e. The van der Waals surface area contributed by atoms with E-state index in [0.717, 1.165) is 71.5 Å². The van der Waals surface area contributed by atoms with Gasteiger partial charge in [-0.3, -0.25) is 4.57 Å². The van der Waals surface area contributed by atoms with Crippen molar-refractivity contribution in [1.29, 1.82) is 0 Å². The summed E-state index contributed by atoms with van der Waals surface area (Å²) in [5.74, 6) is 0.576. The van der Waals surface area contributed by atoms with Crippen molar-refractivity contribution in [2.24, 2.45) is 0 Å². The van der Waals surface area contributed by atoms with Crippen LogP contribution in [0.1, 0.15) is 0 Å². The van der Waals surface area contributed by atoms with Gasteiger partial charge in [-0.2, -0.15) is 4.98 Å². The van der Waals surface area contributed by atoms with Crippen LogP contribution in [-0.4, -0.2) is 19.1 Å². The van der Waals surface area contributed by atoms with Crippen molar-refractivity contribution in [3.63, 3.8) is 0 Å². The summed E-state index contributed by atoms with van der Waals surface area (Å²) in [6, 6.07) is 55.5. The standard InChI is InChI=1S/C44H26N4O/c1-2-15-29(16-3-1)47-36-22-10-7-18-31(36)40-33(20-12-23-37(40)47)42-41-32-19-8-11-24-39(32)49-43(41)46-44(45-42)48-35-21-9-6-17-30(35)34-25-27-13-4-5-14-28(27)26-38(34)48/h1-26H. The van der Waals surface area contributed by atoms with Crippen LogP contribution in [-0.2, 0) is 0 Å². The van der Waals surface area contributed by atoms with E-state index in [0.29, 0.717) is 11.7 Å². The number of para-hydroxylation sites is 4. The fraction of sp³-hybridized carbons (Fsp3) is 0. The topological polar surface area (TPSA) is 48.8 Å². The predicted molar refractivity (Wildman–Crippen MR) is 201 cm³/mol. The quantitative estimate of drug-likeness (QED) is 0.196. The van der Waals surface area contributed by atoms with Crippen molar-refractivity contribution in [3.05, 3.63) is 158 Å². The van der Waals surface area contributed by atoms with Gasteiger partial charge in [0.15, 0.2) is 0 Å². The lowest BCUT2D eigenvalue weighted by molar-refractivity contribution is 0.651. The van der Waals surface area contributed by atoms with Crippen LogP contribution < -0.4 is 0 Å². The molecule has 0 unspecified atom stereocenters. The number of nitrogens with zero attached hydrogens (tertiary/aromatic N) is 4. The second-order valence-corrected chi connectivity index (χ2v) is 12.6. The first-order chi connectivity index (χ1) is 24.3. The van der Waals surface area contributed by atoms with Gasteiger partial charge in [0.1, 0.15) is 5.58 Å². The molecule has 49 heavy (non-hydrogen) atoms. The van der Waals surface area contributed by atoms with Gasteiger partial charge < -0.3 is 8.98 Å². The predicted octanol–water partition coefficient (Wildman–Crippen LogP) is 11.4. The summed E-state index contributed by atoms with van der Waals surface area (Å²) in [7, 11) is 0. The van der Waals surface area contributed by atoms with Crippen molar-refractivity contribution < 1.29 is 4.42 Å². The van der Waals surface area contributed by atoms with E-state index in [1.165, 1.54) is 16.2 Å². The molecule has 0 saturated heterocycles. The highest BCUT2D eigenvalue weighted by Crippen LogP contribution is 2.43. The van der Waals surface area contributed by atoms with Gasteiger partial charge in [0.2, 0.25) is 11.7 Å². The zero-order valence-electron chi connectivity index (χ0n) is 26.2. The van der Waals surface area contributed by atoms with Gasteiger partial charge >= 0.3 is 0 Å². The molecule has 0 aliphatic heterocycles. The number of fused-ring (bicyclic) bond motifs is 10. The first-order valence-electron chi connectivity index (χ1n) is 16.5. The van der Waals surface area contributed by atoms with E-state index in [9.17, 15) is 0 Å². The van der Waals surface area contributed by atoms with E-state index in [-0.39, 0.29) is 0 Å². The highest BCUT2D eigenvalue weighted by Gasteiger charge is 2.24. The van der Waals surface area contributed by atoms with Gasteiger partial charge in [-0.1, -0.05) is 109 Å². The molecule has 228 valence electrons. The Balaban J connectivity index is 1.30. The maximum Gasteiger partial charge on any atom is 0.238 e. The summed E-state index contributed by atoms with van der Waals surface area (Å²) in [4.78, 5) is 10.7. The number of aromatic nitrogens is 4. The van der Waals surface area contributed by atoms with Crippen LogP contribution in [0.4, 0.5) is 0 Å². The molecule has 0 saturated carbocycles. The molecule has 0 spiro atoms. The second kappa shape index (κ2) is 9.89. The zero-order chi connectivity index (χ0) is 32.1. The Hall–Kier alpha value is -6.72. The molecule has 4 aromatic heterocycles. The molecule has 5 heteroatoms. The lowest BCUT2D eigenvalue weighted by atomic mass is 10.0. The average Bonchev–Trinajstić information content (AvgIpc) is 3.81. The van der Waals surface area contributed by atoms with Gasteiger partial charge in [0.05, 0.1) is 33.1 Å². The lowest BCUT2D eigenvalue weighted by Crippen LogP contribution is -2.03. The molecule has 0 aliphatic rings. The molecular formula is C44H26N4O. The van der Waals surface area contributed by atoms with E-state index >= 15 is 0 Å². The fourth-order valence-electron chi connectivity index (χ4n) is 7.85. The molecule has 11 rings (SSSR count). The van der Waals surface area contributed by atoms with Crippen molar-refractivity contribution in [1.82, 2.24) is 19.1 Å². The van der Waals surface area contributed by atoms with Gasteiger partial charge in [-0.25, -0.2) is 4.98 Å². The van der Waals surface area contributed by atoms with Gasteiger partial charge in [-0.05, 0) is 59.3 Å².